The summed E-state index contributed by atoms with van der Waals surface area (Å²) in [7, 11) is 0. The maximum absolute atomic E-state index is 12.4. The maximum atomic E-state index is 12.4. The van der Waals surface area contributed by atoms with E-state index in [4.69, 9.17) is 12.2 Å². The van der Waals surface area contributed by atoms with Crippen molar-refractivity contribution in [2.24, 2.45) is 0 Å². The van der Waals surface area contributed by atoms with E-state index in [0.717, 1.165) is 23.7 Å². The van der Waals surface area contributed by atoms with Crippen LogP contribution in [-0.2, 0) is 0 Å². The first-order valence-electron chi connectivity index (χ1n) is 7.68. The molecule has 0 saturated heterocycles. The standard InChI is InChI=1S/C16H16BrN3O2S2/c1-2-3-4-7-18-15(22)12-13-19-14(21)10-8-9(17)5-6-11(10)20(13)16(23)24-12/h5-6,8H,2-4,7H2,1H3,(H,18,22)(H,19,21). The van der Waals surface area contributed by atoms with Gasteiger partial charge in [-0.25, -0.2) is 0 Å². The van der Waals surface area contributed by atoms with E-state index < -0.39 is 0 Å². The lowest BCUT2D eigenvalue weighted by atomic mass is 10.2. The van der Waals surface area contributed by atoms with Crippen LogP contribution < -0.4 is 10.9 Å². The summed E-state index contributed by atoms with van der Waals surface area (Å²) >= 11 is 10.00. The quantitative estimate of drug-likeness (QED) is 0.474. The zero-order chi connectivity index (χ0) is 17.3. The number of rotatable bonds is 5. The molecule has 1 amide bonds. The van der Waals surface area contributed by atoms with Gasteiger partial charge in [0.15, 0.2) is 3.95 Å². The van der Waals surface area contributed by atoms with Crippen LogP contribution in [-0.4, -0.2) is 21.8 Å². The van der Waals surface area contributed by atoms with Crippen LogP contribution in [0, 0.1) is 3.95 Å². The molecule has 0 unspecified atom stereocenters. The van der Waals surface area contributed by atoms with E-state index in [1.165, 1.54) is 11.3 Å². The first kappa shape index (κ1) is 17.3. The molecule has 2 heterocycles. The normalized spacial score (nSPS) is 11.2. The monoisotopic (exact) mass is 425 g/mol. The zero-order valence-corrected chi connectivity index (χ0v) is 16.2. The SMILES string of the molecule is CCCCCNC(=O)c1sc(=S)n2c1[nH]c(=O)c1cc(Br)ccc12. The molecule has 3 rings (SSSR count). The van der Waals surface area contributed by atoms with Gasteiger partial charge in [0, 0.05) is 11.0 Å². The van der Waals surface area contributed by atoms with E-state index in [9.17, 15) is 9.59 Å². The Balaban J connectivity index is 2.10. The largest absolute Gasteiger partial charge is 0.351 e. The van der Waals surface area contributed by atoms with Crippen molar-refractivity contribution in [3.05, 3.63) is 41.9 Å². The zero-order valence-electron chi connectivity index (χ0n) is 13.0. The van der Waals surface area contributed by atoms with Gasteiger partial charge >= 0.3 is 0 Å². The van der Waals surface area contributed by atoms with Crippen molar-refractivity contribution in [1.82, 2.24) is 14.7 Å². The van der Waals surface area contributed by atoms with Gasteiger partial charge in [0.05, 0.1) is 10.9 Å². The third kappa shape index (κ3) is 3.18. The van der Waals surface area contributed by atoms with E-state index in [1.807, 2.05) is 12.1 Å². The number of H-pyrrole nitrogens is 1. The van der Waals surface area contributed by atoms with Gasteiger partial charge in [-0.05, 0) is 36.8 Å². The van der Waals surface area contributed by atoms with Gasteiger partial charge in [0.25, 0.3) is 11.5 Å². The molecule has 0 spiro atoms. The molecule has 0 aliphatic carbocycles. The van der Waals surface area contributed by atoms with Crippen molar-refractivity contribution in [2.45, 2.75) is 26.2 Å². The Bertz CT molecular complexity index is 1040. The molecule has 0 radical (unpaired) electrons. The van der Waals surface area contributed by atoms with Crippen LogP contribution in [0.25, 0.3) is 16.6 Å². The Kier molecular flexibility index (Phi) is 5.17. The molecule has 0 fully saturated rings. The predicted molar refractivity (Wildman–Crippen MR) is 104 cm³/mol. The van der Waals surface area contributed by atoms with Crippen LogP contribution in [0.3, 0.4) is 0 Å². The lowest BCUT2D eigenvalue weighted by molar-refractivity contribution is 0.0958. The van der Waals surface area contributed by atoms with Gasteiger partial charge < -0.3 is 10.3 Å². The van der Waals surface area contributed by atoms with Crippen molar-refractivity contribution >= 4 is 61.9 Å². The third-order valence-electron chi connectivity index (χ3n) is 3.76. The topological polar surface area (TPSA) is 66.4 Å². The van der Waals surface area contributed by atoms with Crippen molar-refractivity contribution < 1.29 is 4.79 Å². The lowest BCUT2D eigenvalue weighted by Crippen LogP contribution is -2.24. The van der Waals surface area contributed by atoms with E-state index in [-0.39, 0.29) is 11.5 Å². The molecule has 0 bridgehead atoms. The average molecular weight is 426 g/mol. The Hall–Kier alpha value is -1.51. The Morgan fingerprint density at radius 3 is 2.96 bits per heavy atom. The molecule has 24 heavy (non-hydrogen) atoms. The van der Waals surface area contributed by atoms with E-state index in [0.29, 0.717) is 31.9 Å². The molecule has 0 aliphatic rings. The van der Waals surface area contributed by atoms with Crippen LogP contribution in [0.4, 0.5) is 0 Å². The number of aromatic nitrogens is 2. The number of carbonyl (C=O) groups is 1. The van der Waals surface area contributed by atoms with Gasteiger partial charge in [-0.1, -0.05) is 47.0 Å². The van der Waals surface area contributed by atoms with E-state index in [2.05, 4.69) is 33.2 Å². The highest BCUT2D eigenvalue weighted by Gasteiger charge is 2.17. The molecule has 0 aliphatic heterocycles. The smallest absolute Gasteiger partial charge is 0.265 e. The highest BCUT2D eigenvalue weighted by Crippen LogP contribution is 2.24. The van der Waals surface area contributed by atoms with Gasteiger partial charge in [-0.3, -0.25) is 14.0 Å². The molecule has 0 saturated carbocycles. The summed E-state index contributed by atoms with van der Waals surface area (Å²) in [6, 6.07) is 5.43. The second-order valence-corrected chi connectivity index (χ2v) is 8.02. The highest BCUT2D eigenvalue weighted by molar-refractivity contribution is 9.10. The summed E-state index contributed by atoms with van der Waals surface area (Å²) in [5.41, 5.74) is 0.917. The molecule has 1 aromatic carbocycles. The first-order valence-corrected chi connectivity index (χ1v) is 9.70. The lowest BCUT2D eigenvalue weighted by Gasteiger charge is -2.05. The fourth-order valence-electron chi connectivity index (χ4n) is 2.58. The number of amides is 1. The highest BCUT2D eigenvalue weighted by atomic mass is 79.9. The van der Waals surface area contributed by atoms with Crippen LogP contribution in [0.1, 0.15) is 35.9 Å². The summed E-state index contributed by atoms with van der Waals surface area (Å²) in [6.07, 6.45) is 3.11. The molecule has 2 aromatic heterocycles. The third-order valence-corrected chi connectivity index (χ3v) is 5.62. The number of benzene rings is 1. The number of aromatic amines is 1. The van der Waals surface area contributed by atoms with E-state index in [1.54, 1.807) is 10.5 Å². The fraction of sp³-hybridized carbons (Fsp3) is 0.312. The number of hydrogen-bond donors (Lipinski definition) is 2. The Labute approximate surface area is 155 Å². The summed E-state index contributed by atoms with van der Waals surface area (Å²) in [5.74, 6) is -0.197. The van der Waals surface area contributed by atoms with Gasteiger partial charge in [0.1, 0.15) is 10.5 Å². The minimum absolute atomic E-state index is 0.197. The molecule has 8 heteroatoms. The van der Waals surface area contributed by atoms with Crippen LogP contribution in [0.2, 0.25) is 0 Å². The summed E-state index contributed by atoms with van der Waals surface area (Å²) in [6.45, 7) is 2.73. The van der Waals surface area contributed by atoms with Crippen molar-refractivity contribution in [3.63, 3.8) is 0 Å². The van der Waals surface area contributed by atoms with Crippen LogP contribution in [0.5, 0.6) is 0 Å². The number of thiazole rings is 1. The number of carbonyl (C=O) groups excluding carboxylic acids is 1. The Morgan fingerprint density at radius 2 is 2.21 bits per heavy atom. The van der Waals surface area contributed by atoms with Gasteiger partial charge in [0.2, 0.25) is 0 Å². The fourth-order valence-corrected chi connectivity index (χ4v) is 4.24. The van der Waals surface area contributed by atoms with Crippen LogP contribution >= 0.6 is 39.5 Å². The number of hydrogen-bond acceptors (Lipinski definition) is 4. The number of nitrogens with one attached hydrogen (secondary N) is 2. The number of unbranched alkanes of at least 4 members (excludes halogenated alkanes) is 2. The predicted octanol–water partition coefficient (Wildman–Crippen LogP) is 4.25. The summed E-state index contributed by atoms with van der Waals surface area (Å²) in [4.78, 5) is 28.1. The molecular weight excluding hydrogens is 410 g/mol. The number of fused-ring (bicyclic) bond motifs is 3. The second-order valence-electron chi connectivity index (χ2n) is 5.46. The maximum Gasteiger partial charge on any atom is 0.265 e. The van der Waals surface area contributed by atoms with Crippen molar-refractivity contribution in [2.75, 3.05) is 6.54 Å². The first-order chi connectivity index (χ1) is 11.5. The summed E-state index contributed by atoms with van der Waals surface area (Å²) < 4.78 is 3.10. The average Bonchev–Trinajstić information content (AvgIpc) is 2.88. The Morgan fingerprint density at radius 1 is 1.42 bits per heavy atom. The minimum Gasteiger partial charge on any atom is -0.351 e. The van der Waals surface area contributed by atoms with Crippen molar-refractivity contribution in [1.29, 1.82) is 0 Å². The van der Waals surface area contributed by atoms with Gasteiger partial charge in [-0.15, -0.1) is 0 Å². The van der Waals surface area contributed by atoms with E-state index >= 15 is 0 Å². The molecule has 126 valence electrons. The second kappa shape index (κ2) is 7.16. The molecule has 5 nitrogen and oxygen atoms in total. The van der Waals surface area contributed by atoms with Crippen LogP contribution in [0.15, 0.2) is 27.5 Å². The number of nitrogens with zero attached hydrogens (tertiary/aromatic N) is 1. The molecule has 2 N–H and O–H groups in total. The molecular formula is C16H16BrN3O2S2. The summed E-state index contributed by atoms with van der Waals surface area (Å²) in [5, 5.41) is 3.43. The molecule has 0 atom stereocenters. The van der Waals surface area contributed by atoms with Gasteiger partial charge in [-0.2, -0.15) is 0 Å². The number of halogens is 1. The van der Waals surface area contributed by atoms with Crippen molar-refractivity contribution in [3.8, 4) is 0 Å². The molecule has 3 aromatic rings. The minimum atomic E-state index is -0.237.